The highest BCUT2D eigenvalue weighted by Crippen LogP contribution is 2.34. The Morgan fingerprint density at radius 1 is 0.840 bits per heavy atom. The third-order valence-corrected chi connectivity index (χ3v) is 4.52. The van der Waals surface area contributed by atoms with Gasteiger partial charge in [-0.1, -0.05) is 85.0 Å². The van der Waals surface area contributed by atoms with E-state index in [1.807, 2.05) is 24.3 Å². The van der Waals surface area contributed by atoms with Crippen molar-refractivity contribution in [2.24, 2.45) is 0 Å². The number of hydrogen-bond donors (Lipinski definition) is 1. The van der Waals surface area contributed by atoms with Crippen LogP contribution in [0.3, 0.4) is 0 Å². The average Bonchev–Trinajstić information content (AvgIpc) is 2.63. The highest BCUT2D eigenvalue weighted by Gasteiger charge is 2.11. The number of benzene rings is 3. The van der Waals surface area contributed by atoms with Gasteiger partial charge in [-0.15, -0.1) is 0 Å². The number of aryl methyl sites for hydroxylation is 1. The molecule has 0 amide bonds. The van der Waals surface area contributed by atoms with Gasteiger partial charge in [0.25, 0.3) is 0 Å². The topological polar surface area (TPSA) is 26.0 Å². The van der Waals surface area contributed by atoms with Crippen molar-refractivity contribution in [1.82, 2.24) is 0 Å². The van der Waals surface area contributed by atoms with E-state index in [0.717, 1.165) is 27.9 Å². The van der Waals surface area contributed by atoms with Crippen molar-refractivity contribution < 1.29 is 0 Å². The van der Waals surface area contributed by atoms with E-state index in [1.165, 1.54) is 16.7 Å². The summed E-state index contributed by atoms with van der Waals surface area (Å²) < 4.78 is 0. The fourth-order valence-corrected chi connectivity index (χ4v) is 3.07. The lowest BCUT2D eigenvalue weighted by molar-refractivity contribution is 1.41. The van der Waals surface area contributed by atoms with Gasteiger partial charge in [0, 0.05) is 11.3 Å². The minimum absolute atomic E-state index is 0.767. The highest BCUT2D eigenvalue weighted by molar-refractivity contribution is 5.87. The highest BCUT2D eigenvalue weighted by atomic mass is 14.6. The van der Waals surface area contributed by atoms with Gasteiger partial charge < -0.3 is 5.73 Å². The molecule has 25 heavy (non-hydrogen) atoms. The van der Waals surface area contributed by atoms with Crippen LogP contribution in [0.15, 0.2) is 67.2 Å². The van der Waals surface area contributed by atoms with E-state index >= 15 is 0 Å². The number of hydrogen-bond acceptors (Lipinski definition) is 1. The lowest BCUT2D eigenvalue weighted by atomic mass is 9.90. The summed E-state index contributed by atoms with van der Waals surface area (Å²) in [7, 11) is 0. The standard InChI is InChI=1S/C24H23N/c1-4-21-18(3)23(20-13-10-17(2)11-14-20)16-24(25)22(21)15-12-19-8-6-5-7-9-19/h4-16H,1,25H2,2-3H3. The second kappa shape index (κ2) is 7.23. The van der Waals surface area contributed by atoms with Gasteiger partial charge in [0.05, 0.1) is 0 Å². The summed E-state index contributed by atoms with van der Waals surface area (Å²) in [5.41, 5.74) is 15.2. The van der Waals surface area contributed by atoms with Gasteiger partial charge >= 0.3 is 0 Å². The molecule has 0 unspecified atom stereocenters. The Labute approximate surface area is 150 Å². The van der Waals surface area contributed by atoms with Crippen molar-refractivity contribution in [2.45, 2.75) is 13.8 Å². The maximum Gasteiger partial charge on any atom is 0.0400 e. The first kappa shape index (κ1) is 16.8. The maximum absolute atomic E-state index is 6.40. The van der Waals surface area contributed by atoms with Crippen molar-refractivity contribution >= 4 is 23.9 Å². The molecule has 2 N–H and O–H groups in total. The first-order chi connectivity index (χ1) is 12.1. The molecule has 0 aliphatic heterocycles. The molecule has 0 bridgehead atoms. The number of rotatable bonds is 4. The molecule has 124 valence electrons. The van der Waals surface area contributed by atoms with Crippen molar-refractivity contribution in [3.63, 3.8) is 0 Å². The Bertz CT molecular complexity index is 917. The van der Waals surface area contributed by atoms with Crippen LogP contribution in [0.5, 0.6) is 0 Å². The van der Waals surface area contributed by atoms with Crippen molar-refractivity contribution in [1.29, 1.82) is 0 Å². The van der Waals surface area contributed by atoms with E-state index in [0.29, 0.717) is 0 Å². The molecule has 0 fully saturated rings. The Balaban J connectivity index is 2.09. The zero-order valence-electron chi connectivity index (χ0n) is 14.8. The molecule has 0 aliphatic rings. The Morgan fingerprint density at radius 3 is 2.16 bits per heavy atom. The molecule has 3 aromatic carbocycles. The molecule has 3 rings (SSSR count). The van der Waals surface area contributed by atoms with E-state index < -0.39 is 0 Å². The first-order valence-corrected chi connectivity index (χ1v) is 8.46. The van der Waals surface area contributed by atoms with Gasteiger partial charge in [-0.25, -0.2) is 0 Å². The summed E-state index contributed by atoms with van der Waals surface area (Å²) >= 11 is 0. The van der Waals surface area contributed by atoms with E-state index in [2.05, 4.69) is 75.0 Å². The predicted molar refractivity (Wildman–Crippen MR) is 111 cm³/mol. The van der Waals surface area contributed by atoms with E-state index in [4.69, 9.17) is 5.73 Å². The van der Waals surface area contributed by atoms with E-state index in [-0.39, 0.29) is 0 Å². The van der Waals surface area contributed by atoms with Gasteiger partial charge in [0.2, 0.25) is 0 Å². The lowest BCUT2D eigenvalue weighted by Crippen LogP contribution is -1.98. The van der Waals surface area contributed by atoms with Gasteiger partial charge in [-0.2, -0.15) is 0 Å². The molecular formula is C24H23N. The van der Waals surface area contributed by atoms with Crippen LogP contribution in [0.25, 0.3) is 29.4 Å². The second-order valence-corrected chi connectivity index (χ2v) is 6.28. The number of nitrogens with two attached hydrogens (primary N) is 1. The monoisotopic (exact) mass is 325 g/mol. The summed E-state index contributed by atoms with van der Waals surface area (Å²) in [5.74, 6) is 0. The quantitative estimate of drug-likeness (QED) is 0.438. The fraction of sp³-hybridized carbons (Fsp3) is 0.0833. The van der Waals surface area contributed by atoms with Gasteiger partial charge in [-0.3, -0.25) is 0 Å². The molecular weight excluding hydrogens is 302 g/mol. The normalized spacial score (nSPS) is 11.0. The van der Waals surface area contributed by atoms with Gasteiger partial charge in [-0.05, 0) is 47.7 Å². The zero-order chi connectivity index (χ0) is 17.8. The van der Waals surface area contributed by atoms with Crippen LogP contribution in [0.4, 0.5) is 5.69 Å². The first-order valence-electron chi connectivity index (χ1n) is 8.46. The number of anilines is 1. The second-order valence-electron chi connectivity index (χ2n) is 6.28. The van der Waals surface area contributed by atoms with Crippen molar-refractivity contribution in [3.05, 3.63) is 95.1 Å². The van der Waals surface area contributed by atoms with Crippen LogP contribution in [-0.2, 0) is 0 Å². The summed E-state index contributed by atoms with van der Waals surface area (Å²) in [4.78, 5) is 0. The molecule has 0 aromatic heterocycles. The van der Waals surface area contributed by atoms with Gasteiger partial charge in [0.15, 0.2) is 0 Å². The molecule has 0 radical (unpaired) electrons. The predicted octanol–water partition coefficient (Wildman–Crippen LogP) is 6.37. The van der Waals surface area contributed by atoms with Crippen LogP contribution in [0.2, 0.25) is 0 Å². The summed E-state index contributed by atoms with van der Waals surface area (Å²) in [5, 5.41) is 0. The van der Waals surface area contributed by atoms with Crippen LogP contribution in [0.1, 0.15) is 27.8 Å². The zero-order valence-corrected chi connectivity index (χ0v) is 14.8. The molecule has 3 aromatic rings. The van der Waals surface area contributed by atoms with E-state index in [9.17, 15) is 0 Å². The van der Waals surface area contributed by atoms with Crippen molar-refractivity contribution in [3.8, 4) is 11.1 Å². The molecule has 0 saturated heterocycles. The van der Waals surface area contributed by atoms with E-state index in [1.54, 1.807) is 0 Å². The molecule has 0 heterocycles. The van der Waals surface area contributed by atoms with Crippen LogP contribution in [0, 0.1) is 13.8 Å². The largest absolute Gasteiger partial charge is 0.398 e. The van der Waals surface area contributed by atoms with Crippen LogP contribution in [-0.4, -0.2) is 0 Å². The Hall–Kier alpha value is -3.06. The fourth-order valence-electron chi connectivity index (χ4n) is 3.07. The molecule has 0 saturated carbocycles. The SMILES string of the molecule is C=Cc1c(C)c(-c2ccc(C)cc2)cc(N)c1C=Cc1ccccc1. The summed E-state index contributed by atoms with van der Waals surface area (Å²) in [6, 6.07) is 20.8. The molecule has 0 spiro atoms. The van der Waals surface area contributed by atoms with Crippen LogP contribution >= 0.6 is 0 Å². The molecule has 0 atom stereocenters. The Kier molecular flexibility index (Phi) is 4.85. The summed E-state index contributed by atoms with van der Waals surface area (Å²) in [6.07, 6.45) is 6.06. The smallest absolute Gasteiger partial charge is 0.0400 e. The third kappa shape index (κ3) is 3.56. The molecule has 1 heteroatoms. The third-order valence-electron chi connectivity index (χ3n) is 4.52. The Morgan fingerprint density at radius 2 is 1.52 bits per heavy atom. The molecule has 0 aliphatic carbocycles. The van der Waals surface area contributed by atoms with Crippen LogP contribution < -0.4 is 5.73 Å². The number of nitrogen functional groups attached to an aromatic ring is 1. The lowest BCUT2D eigenvalue weighted by Gasteiger charge is -2.15. The maximum atomic E-state index is 6.40. The minimum Gasteiger partial charge on any atom is -0.398 e. The minimum atomic E-state index is 0.767. The summed E-state index contributed by atoms with van der Waals surface area (Å²) in [6.45, 7) is 8.23. The van der Waals surface area contributed by atoms with Gasteiger partial charge in [0.1, 0.15) is 0 Å². The van der Waals surface area contributed by atoms with Crippen molar-refractivity contribution in [2.75, 3.05) is 5.73 Å². The average molecular weight is 325 g/mol. The molecule has 1 nitrogen and oxygen atoms in total.